The van der Waals surface area contributed by atoms with Gasteiger partial charge in [0.25, 0.3) is 5.91 Å². The molecule has 5 heteroatoms. The van der Waals surface area contributed by atoms with Gasteiger partial charge in [-0.3, -0.25) is 9.69 Å². The molecule has 0 bridgehead atoms. The zero-order valence-corrected chi connectivity index (χ0v) is 16.1. The predicted molar refractivity (Wildman–Crippen MR) is 101 cm³/mol. The van der Waals surface area contributed by atoms with Gasteiger partial charge in [0.1, 0.15) is 5.54 Å². The highest BCUT2D eigenvalue weighted by Crippen LogP contribution is 2.31. The number of hydrogen-bond acceptors (Lipinski definition) is 2. The molecule has 4 nitrogen and oxygen atoms in total. The molecule has 1 fully saturated rings. The molecular formula is C20H21BrN2O2. The number of rotatable bonds is 4. The van der Waals surface area contributed by atoms with Crippen molar-refractivity contribution in [1.29, 1.82) is 0 Å². The van der Waals surface area contributed by atoms with Crippen LogP contribution >= 0.6 is 15.9 Å². The van der Waals surface area contributed by atoms with Crippen molar-refractivity contribution in [2.24, 2.45) is 0 Å². The molecule has 25 heavy (non-hydrogen) atoms. The average Bonchev–Trinajstić information content (AvgIpc) is 2.81. The largest absolute Gasteiger partial charge is 0.325 e. The van der Waals surface area contributed by atoms with E-state index >= 15 is 0 Å². The standard InChI is InChI=1S/C20H21BrN2O2/c1-13(2)14-8-10-16(11-9-14)20(3)18(24)23(19(25)22-20)12-15-6-4-5-7-17(15)21/h4-11,13H,12H2,1-3H3,(H,22,25)/t20-/m1/s1. The number of benzene rings is 2. The van der Waals surface area contributed by atoms with Crippen molar-refractivity contribution in [1.82, 2.24) is 10.2 Å². The van der Waals surface area contributed by atoms with Crippen molar-refractivity contribution >= 4 is 27.9 Å². The molecule has 1 aliphatic rings. The quantitative estimate of drug-likeness (QED) is 0.765. The molecule has 1 heterocycles. The smallest absolute Gasteiger partial charge is 0.319 e. The Balaban J connectivity index is 1.88. The van der Waals surface area contributed by atoms with E-state index < -0.39 is 5.54 Å². The Hall–Kier alpha value is -2.14. The third-order valence-corrected chi connectivity index (χ3v) is 5.49. The lowest BCUT2D eigenvalue weighted by Crippen LogP contribution is -2.40. The zero-order valence-electron chi connectivity index (χ0n) is 14.5. The summed E-state index contributed by atoms with van der Waals surface area (Å²) in [5.74, 6) is 0.188. The first-order valence-corrected chi connectivity index (χ1v) is 9.10. The van der Waals surface area contributed by atoms with Crippen molar-refractivity contribution in [2.45, 2.75) is 38.8 Å². The molecule has 0 aromatic heterocycles. The Morgan fingerprint density at radius 3 is 2.32 bits per heavy atom. The van der Waals surface area contributed by atoms with Crippen LogP contribution in [0.25, 0.3) is 0 Å². The summed E-state index contributed by atoms with van der Waals surface area (Å²) in [6.45, 7) is 6.25. The SMILES string of the molecule is CC(C)c1ccc([C@@]2(C)NC(=O)N(Cc3ccccc3Br)C2=O)cc1. The first-order valence-electron chi connectivity index (χ1n) is 8.31. The van der Waals surface area contributed by atoms with Crippen LogP contribution in [0.4, 0.5) is 4.79 Å². The normalized spacial score (nSPS) is 20.3. The Morgan fingerprint density at radius 1 is 1.08 bits per heavy atom. The van der Waals surface area contributed by atoms with E-state index in [4.69, 9.17) is 0 Å². The van der Waals surface area contributed by atoms with Gasteiger partial charge in [0, 0.05) is 4.47 Å². The monoisotopic (exact) mass is 400 g/mol. The number of carbonyl (C=O) groups excluding carboxylic acids is 2. The van der Waals surface area contributed by atoms with Crippen LogP contribution in [-0.4, -0.2) is 16.8 Å². The van der Waals surface area contributed by atoms with E-state index in [0.717, 1.165) is 15.6 Å². The van der Waals surface area contributed by atoms with E-state index in [1.165, 1.54) is 10.5 Å². The number of urea groups is 1. The minimum absolute atomic E-state index is 0.231. The van der Waals surface area contributed by atoms with Gasteiger partial charge in [0.15, 0.2) is 0 Å². The molecule has 0 aliphatic carbocycles. The lowest BCUT2D eigenvalue weighted by atomic mass is 9.90. The van der Waals surface area contributed by atoms with E-state index in [1.807, 2.05) is 48.5 Å². The maximum absolute atomic E-state index is 13.0. The summed E-state index contributed by atoms with van der Waals surface area (Å²) in [6.07, 6.45) is 0. The van der Waals surface area contributed by atoms with Crippen molar-refractivity contribution in [3.63, 3.8) is 0 Å². The van der Waals surface area contributed by atoms with Gasteiger partial charge in [0.2, 0.25) is 0 Å². The van der Waals surface area contributed by atoms with Crippen molar-refractivity contribution < 1.29 is 9.59 Å². The van der Waals surface area contributed by atoms with Crippen LogP contribution in [0, 0.1) is 0 Å². The van der Waals surface area contributed by atoms with Gasteiger partial charge in [0.05, 0.1) is 6.54 Å². The molecular weight excluding hydrogens is 380 g/mol. The van der Waals surface area contributed by atoms with Gasteiger partial charge in [-0.15, -0.1) is 0 Å². The topological polar surface area (TPSA) is 49.4 Å². The van der Waals surface area contributed by atoms with Crippen molar-refractivity contribution in [3.05, 3.63) is 69.7 Å². The molecule has 1 saturated heterocycles. The molecule has 0 saturated carbocycles. The van der Waals surface area contributed by atoms with Gasteiger partial charge in [-0.05, 0) is 35.6 Å². The van der Waals surface area contributed by atoms with Crippen LogP contribution in [0.5, 0.6) is 0 Å². The van der Waals surface area contributed by atoms with Crippen molar-refractivity contribution in [2.75, 3.05) is 0 Å². The molecule has 3 amide bonds. The molecule has 1 N–H and O–H groups in total. The summed E-state index contributed by atoms with van der Waals surface area (Å²) in [6, 6.07) is 15.1. The van der Waals surface area contributed by atoms with Crippen LogP contribution in [0.3, 0.4) is 0 Å². The van der Waals surface area contributed by atoms with Gasteiger partial charge >= 0.3 is 6.03 Å². The number of carbonyl (C=O) groups is 2. The second-order valence-electron chi connectivity index (χ2n) is 6.81. The van der Waals surface area contributed by atoms with Gasteiger partial charge in [-0.1, -0.05) is 72.2 Å². The Labute approximate surface area is 156 Å². The molecule has 0 unspecified atom stereocenters. The fourth-order valence-corrected chi connectivity index (χ4v) is 3.44. The zero-order chi connectivity index (χ0) is 18.2. The van der Waals surface area contributed by atoms with Crippen LogP contribution in [0.15, 0.2) is 53.0 Å². The van der Waals surface area contributed by atoms with E-state index in [9.17, 15) is 9.59 Å². The summed E-state index contributed by atoms with van der Waals surface area (Å²) in [4.78, 5) is 26.7. The fourth-order valence-electron chi connectivity index (χ4n) is 3.03. The van der Waals surface area contributed by atoms with Crippen LogP contribution in [0.2, 0.25) is 0 Å². The molecule has 2 aromatic rings. The molecule has 3 rings (SSSR count). The summed E-state index contributed by atoms with van der Waals surface area (Å²) in [5.41, 5.74) is 1.86. The molecule has 130 valence electrons. The maximum Gasteiger partial charge on any atom is 0.325 e. The molecule has 2 aromatic carbocycles. The molecule has 0 spiro atoms. The first-order chi connectivity index (χ1) is 11.8. The minimum Gasteiger partial charge on any atom is -0.319 e. The van der Waals surface area contributed by atoms with Crippen LogP contribution < -0.4 is 5.32 Å². The van der Waals surface area contributed by atoms with E-state index in [-0.39, 0.29) is 18.5 Å². The third-order valence-electron chi connectivity index (χ3n) is 4.72. The molecule has 1 aliphatic heterocycles. The summed E-state index contributed by atoms with van der Waals surface area (Å²) < 4.78 is 0.880. The number of amides is 3. The lowest BCUT2D eigenvalue weighted by molar-refractivity contribution is -0.131. The highest BCUT2D eigenvalue weighted by molar-refractivity contribution is 9.10. The van der Waals surface area contributed by atoms with Crippen molar-refractivity contribution in [3.8, 4) is 0 Å². The minimum atomic E-state index is -1.03. The molecule has 1 atom stereocenters. The summed E-state index contributed by atoms with van der Waals surface area (Å²) in [5, 5.41) is 2.86. The first kappa shape index (κ1) is 17.7. The second-order valence-corrected chi connectivity index (χ2v) is 7.67. The Bertz CT molecular complexity index is 817. The van der Waals surface area contributed by atoms with Gasteiger partial charge in [-0.25, -0.2) is 4.79 Å². The molecule has 0 radical (unpaired) electrons. The number of nitrogens with zero attached hydrogens (tertiary/aromatic N) is 1. The Morgan fingerprint density at radius 2 is 1.72 bits per heavy atom. The summed E-state index contributed by atoms with van der Waals surface area (Å²) >= 11 is 3.47. The van der Waals surface area contributed by atoms with Gasteiger partial charge in [-0.2, -0.15) is 0 Å². The highest BCUT2D eigenvalue weighted by Gasteiger charge is 2.48. The van der Waals surface area contributed by atoms with E-state index in [0.29, 0.717) is 5.92 Å². The van der Waals surface area contributed by atoms with Gasteiger partial charge < -0.3 is 5.32 Å². The highest BCUT2D eigenvalue weighted by atomic mass is 79.9. The fraction of sp³-hybridized carbons (Fsp3) is 0.300. The third kappa shape index (κ3) is 3.21. The number of halogens is 1. The maximum atomic E-state index is 13.0. The number of nitrogens with one attached hydrogen (secondary N) is 1. The van der Waals surface area contributed by atoms with E-state index in [1.54, 1.807) is 6.92 Å². The number of hydrogen-bond donors (Lipinski definition) is 1. The predicted octanol–water partition coefficient (Wildman–Crippen LogP) is 4.54. The van der Waals surface area contributed by atoms with Crippen LogP contribution in [0.1, 0.15) is 43.4 Å². The summed E-state index contributed by atoms with van der Waals surface area (Å²) in [7, 11) is 0. The second kappa shape index (κ2) is 6.64. The van der Waals surface area contributed by atoms with Crippen LogP contribution in [-0.2, 0) is 16.9 Å². The number of imide groups is 1. The Kier molecular flexibility index (Phi) is 4.69. The average molecular weight is 401 g/mol. The van der Waals surface area contributed by atoms with E-state index in [2.05, 4.69) is 35.1 Å². The lowest BCUT2D eigenvalue weighted by Gasteiger charge is -2.23.